The van der Waals surface area contributed by atoms with Crippen LogP contribution in [-0.4, -0.2) is 22.6 Å². The lowest BCUT2D eigenvalue weighted by Gasteiger charge is -2.16. The van der Waals surface area contributed by atoms with Gasteiger partial charge >= 0.3 is 5.97 Å². The van der Waals surface area contributed by atoms with Crippen LogP contribution in [0.1, 0.15) is 29.0 Å². The Labute approximate surface area is 110 Å². The number of rotatable bonds is 3. The Kier molecular flexibility index (Phi) is 3.67. The largest absolute Gasteiger partial charge is 0.464 e. The first-order valence-corrected chi connectivity index (χ1v) is 5.88. The summed E-state index contributed by atoms with van der Waals surface area (Å²) in [7, 11) is 1.32. The third-order valence-electron chi connectivity index (χ3n) is 2.83. The second kappa shape index (κ2) is 5.23. The normalized spacial score (nSPS) is 12.2. The summed E-state index contributed by atoms with van der Waals surface area (Å²) in [6.07, 6.45) is 1.55. The van der Waals surface area contributed by atoms with Crippen molar-refractivity contribution in [2.24, 2.45) is 0 Å². The van der Waals surface area contributed by atoms with Gasteiger partial charge in [0.05, 0.1) is 19.5 Å². The number of carbonyl (C=O) groups is 1. The van der Waals surface area contributed by atoms with Crippen LogP contribution in [0.25, 0.3) is 0 Å². The van der Waals surface area contributed by atoms with Gasteiger partial charge in [0.1, 0.15) is 0 Å². The molecule has 1 aromatic heterocycles. The molecule has 0 bridgehead atoms. The summed E-state index contributed by atoms with van der Waals surface area (Å²) in [5.74, 6) is -0.486. The van der Waals surface area contributed by atoms with Gasteiger partial charge in [-0.2, -0.15) is 0 Å². The summed E-state index contributed by atoms with van der Waals surface area (Å²) < 4.78 is 6.43. The van der Waals surface area contributed by atoms with E-state index in [1.165, 1.54) is 7.11 Å². The summed E-state index contributed by atoms with van der Waals surface area (Å²) >= 11 is 5.92. The van der Waals surface area contributed by atoms with Crippen molar-refractivity contribution in [2.45, 2.75) is 13.0 Å². The van der Waals surface area contributed by atoms with Crippen LogP contribution < -0.4 is 0 Å². The number of imidazole rings is 1. The van der Waals surface area contributed by atoms with E-state index in [2.05, 4.69) is 4.98 Å². The summed E-state index contributed by atoms with van der Waals surface area (Å²) in [5.41, 5.74) is 1.34. The van der Waals surface area contributed by atoms with E-state index in [9.17, 15) is 4.79 Å². The molecule has 0 aliphatic rings. The molecule has 0 aliphatic heterocycles. The number of hydrogen-bond acceptors (Lipinski definition) is 3. The first kappa shape index (κ1) is 12.6. The van der Waals surface area contributed by atoms with Gasteiger partial charge in [-0.05, 0) is 12.5 Å². The molecule has 1 atom stereocenters. The van der Waals surface area contributed by atoms with E-state index >= 15 is 0 Å². The molecule has 1 heterocycles. The molecular formula is C13H13ClN2O2. The van der Waals surface area contributed by atoms with Crippen molar-refractivity contribution in [1.82, 2.24) is 9.55 Å². The lowest BCUT2D eigenvalue weighted by Crippen LogP contribution is -2.14. The molecule has 0 amide bonds. The molecule has 18 heavy (non-hydrogen) atoms. The summed E-state index contributed by atoms with van der Waals surface area (Å²) in [6.45, 7) is 1.97. The average Bonchev–Trinajstić information content (AvgIpc) is 2.80. The fourth-order valence-corrected chi connectivity index (χ4v) is 2.03. The number of carbonyl (C=O) groups excluding carboxylic acids is 1. The molecule has 0 spiro atoms. The molecule has 0 radical (unpaired) electrons. The predicted octanol–water partition coefficient (Wildman–Crippen LogP) is 2.93. The number of halogens is 1. The van der Waals surface area contributed by atoms with Gasteiger partial charge in [-0.15, -0.1) is 0 Å². The van der Waals surface area contributed by atoms with Crippen LogP contribution in [0.2, 0.25) is 5.15 Å². The van der Waals surface area contributed by atoms with Crippen LogP contribution in [-0.2, 0) is 4.74 Å². The number of nitrogens with zero attached hydrogens (tertiary/aromatic N) is 2. The highest BCUT2D eigenvalue weighted by Crippen LogP contribution is 2.24. The lowest BCUT2D eigenvalue weighted by atomic mass is 10.1. The standard InChI is InChI=1S/C13H13ClN2O2/c1-9(10-6-4-3-5-7-10)16-8-15-12(14)11(16)13(17)18-2/h3-9H,1-2H3. The van der Waals surface area contributed by atoms with Crippen molar-refractivity contribution in [2.75, 3.05) is 7.11 Å². The number of esters is 1. The maximum Gasteiger partial charge on any atom is 0.357 e. The number of ether oxygens (including phenoxy) is 1. The Hall–Kier alpha value is -1.81. The highest BCUT2D eigenvalue weighted by atomic mass is 35.5. The van der Waals surface area contributed by atoms with Gasteiger partial charge in [0, 0.05) is 0 Å². The van der Waals surface area contributed by atoms with Crippen molar-refractivity contribution < 1.29 is 9.53 Å². The minimum Gasteiger partial charge on any atom is -0.464 e. The summed E-state index contributed by atoms with van der Waals surface area (Å²) in [6, 6.07) is 9.77. The zero-order valence-electron chi connectivity index (χ0n) is 10.1. The Balaban J connectivity index is 2.43. The van der Waals surface area contributed by atoms with E-state index in [1.54, 1.807) is 10.9 Å². The zero-order chi connectivity index (χ0) is 13.1. The Bertz CT molecular complexity index is 551. The maximum atomic E-state index is 11.7. The maximum absolute atomic E-state index is 11.7. The van der Waals surface area contributed by atoms with Crippen molar-refractivity contribution in [3.63, 3.8) is 0 Å². The minimum absolute atomic E-state index is 0.0414. The van der Waals surface area contributed by atoms with Crippen LogP contribution in [0.3, 0.4) is 0 Å². The number of aromatic nitrogens is 2. The third kappa shape index (κ3) is 2.24. The number of methoxy groups -OCH3 is 1. The molecule has 2 rings (SSSR count). The number of benzene rings is 1. The SMILES string of the molecule is COC(=O)c1c(Cl)ncn1C(C)c1ccccc1. The predicted molar refractivity (Wildman–Crippen MR) is 68.8 cm³/mol. The molecule has 5 heteroatoms. The molecule has 0 saturated heterocycles. The van der Waals surface area contributed by atoms with Crippen LogP contribution >= 0.6 is 11.6 Å². The molecule has 0 fully saturated rings. The van der Waals surface area contributed by atoms with E-state index in [-0.39, 0.29) is 16.9 Å². The van der Waals surface area contributed by atoms with E-state index in [4.69, 9.17) is 16.3 Å². The Morgan fingerprint density at radius 2 is 2.06 bits per heavy atom. The fourth-order valence-electron chi connectivity index (χ4n) is 1.81. The average molecular weight is 265 g/mol. The number of hydrogen-bond donors (Lipinski definition) is 0. The first-order chi connectivity index (χ1) is 8.65. The molecule has 1 aromatic carbocycles. The highest BCUT2D eigenvalue weighted by molar-refractivity contribution is 6.32. The van der Waals surface area contributed by atoms with E-state index in [1.807, 2.05) is 37.3 Å². The van der Waals surface area contributed by atoms with Gasteiger partial charge in [0.25, 0.3) is 0 Å². The topological polar surface area (TPSA) is 44.1 Å². The van der Waals surface area contributed by atoms with Crippen LogP contribution in [0.5, 0.6) is 0 Å². The third-order valence-corrected chi connectivity index (χ3v) is 3.10. The first-order valence-electron chi connectivity index (χ1n) is 5.50. The Morgan fingerprint density at radius 1 is 1.39 bits per heavy atom. The van der Waals surface area contributed by atoms with Crippen molar-refractivity contribution in [1.29, 1.82) is 0 Å². The monoisotopic (exact) mass is 264 g/mol. The summed E-state index contributed by atoms with van der Waals surface area (Å²) in [5, 5.41) is 0.157. The second-order valence-electron chi connectivity index (χ2n) is 3.87. The van der Waals surface area contributed by atoms with Crippen LogP contribution in [0.15, 0.2) is 36.7 Å². The lowest BCUT2D eigenvalue weighted by molar-refractivity contribution is 0.0587. The van der Waals surface area contributed by atoms with Gasteiger partial charge in [-0.25, -0.2) is 9.78 Å². The van der Waals surface area contributed by atoms with Gasteiger partial charge in [0.15, 0.2) is 10.8 Å². The quantitative estimate of drug-likeness (QED) is 0.801. The van der Waals surface area contributed by atoms with Crippen molar-refractivity contribution in [3.05, 3.63) is 53.1 Å². The molecule has 0 N–H and O–H groups in total. The van der Waals surface area contributed by atoms with Gasteiger partial charge in [0.2, 0.25) is 0 Å². The molecule has 2 aromatic rings. The van der Waals surface area contributed by atoms with Crippen LogP contribution in [0, 0.1) is 0 Å². The molecule has 0 saturated carbocycles. The van der Waals surface area contributed by atoms with Crippen molar-refractivity contribution in [3.8, 4) is 0 Å². The van der Waals surface area contributed by atoms with Gasteiger partial charge < -0.3 is 9.30 Å². The van der Waals surface area contributed by atoms with Crippen molar-refractivity contribution >= 4 is 17.6 Å². The second-order valence-corrected chi connectivity index (χ2v) is 4.23. The molecular weight excluding hydrogens is 252 g/mol. The highest BCUT2D eigenvalue weighted by Gasteiger charge is 2.21. The molecule has 4 nitrogen and oxygen atoms in total. The van der Waals surface area contributed by atoms with E-state index < -0.39 is 5.97 Å². The zero-order valence-corrected chi connectivity index (χ0v) is 10.9. The van der Waals surface area contributed by atoms with Crippen LogP contribution in [0.4, 0.5) is 0 Å². The molecule has 94 valence electrons. The molecule has 0 aliphatic carbocycles. The van der Waals surface area contributed by atoms with E-state index in [0.717, 1.165) is 5.56 Å². The molecule has 1 unspecified atom stereocenters. The Morgan fingerprint density at radius 3 is 2.67 bits per heavy atom. The van der Waals surface area contributed by atoms with Gasteiger partial charge in [-0.1, -0.05) is 41.9 Å². The van der Waals surface area contributed by atoms with E-state index in [0.29, 0.717) is 0 Å². The summed E-state index contributed by atoms with van der Waals surface area (Å²) in [4.78, 5) is 15.6. The minimum atomic E-state index is -0.486. The fraction of sp³-hybridized carbons (Fsp3) is 0.231. The van der Waals surface area contributed by atoms with Gasteiger partial charge in [-0.3, -0.25) is 0 Å². The smallest absolute Gasteiger partial charge is 0.357 e.